The molecule has 0 fully saturated rings. The van der Waals surface area contributed by atoms with Gasteiger partial charge < -0.3 is 4.90 Å². The van der Waals surface area contributed by atoms with E-state index in [9.17, 15) is 0 Å². The summed E-state index contributed by atoms with van der Waals surface area (Å²) >= 11 is 0. The van der Waals surface area contributed by atoms with Gasteiger partial charge in [0.15, 0.2) is 0 Å². The molecule has 2 nitrogen and oxygen atoms in total. The zero-order valence-electron chi connectivity index (χ0n) is 9.62. The Labute approximate surface area is 87.3 Å². The highest BCUT2D eigenvalue weighted by Crippen LogP contribution is 2.13. The van der Waals surface area contributed by atoms with Crippen molar-refractivity contribution in [3.63, 3.8) is 0 Å². The first-order valence-electron chi connectivity index (χ1n) is 5.11. The SMILES string of the molecule is C=CN1C=C(C)N=C/C1=C/CC.CC. The van der Waals surface area contributed by atoms with Gasteiger partial charge in [-0.05, 0) is 13.3 Å². The summed E-state index contributed by atoms with van der Waals surface area (Å²) < 4.78 is 0. The number of hydrogen-bond donors (Lipinski definition) is 0. The van der Waals surface area contributed by atoms with Crippen LogP contribution >= 0.6 is 0 Å². The van der Waals surface area contributed by atoms with E-state index in [0.717, 1.165) is 17.8 Å². The van der Waals surface area contributed by atoms with Gasteiger partial charge in [0.1, 0.15) is 0 Å². The van der Waals surface area contributed by atoms with Crippen molar-refractivity contribution in [2.45, 2.75) is 34.1 Å². The van der Waals surface area contributed by atoms with Crippen molar-refractivity contribution in [3.8, 4) is 0 Å². The van der Waals surface area contributed by atoms with Crippen molar-refractivity contribution in [1.82, 2.24) is 4.90 Å². The summed E-state index contributed by atoms with van der Waals surface area (Å²) in [5.74, 6) is 0. The van der Waals surface area contributed by atoms with E-state index in [1.807, 2.05) is 38.1 Å². The molecule has 0 saturated carbocycles. The zero-order valence-corrected chi connectivity index (χ0v) is 9.62. The minimum Gasteiger partial charge on any atom is -0.321 e. The zero-order chi connectivity index (χ0) is 11.0. The third kappa shape index (κ3) is 3.60. The maximum atomic E-state index is 4.21. The van der Waals surface area contributed by atoms with Crippen LogP contribution in [0.25, 0.3) is 0 Å². The van der Waals surface area contributed by atoms with Gasteiger partial charge in [-0.2, -0.15) is 0 Å². The van der Waals surface area contributed by atoms with E-state index in [1.54, 1.807) is 6.20 Å². The first kappa shape index (κ1) is 12.7. The first-order chi connectivity index (χ1) is 6.77. The Kier molecular flexibility index (Phi) is 6.46. The molecule has 0 spiro atoms. The van der Waals surface area contributed by atoms with Gasteiger partial charge >= 0.3 is 0 Å². The Balaban J connectivity index is 0.000000791. The maximum absolute atomic E-state index is 4.21. The third-order valence-corrected chi connectivity index (χ3v) is 1.63. The van der Waals surface area contributed by atoms with Crippen LogP contribution < -0.4 is 0 Å². The Morgan fingerprint density at radius 1 is 1.50 bits per heavy atom. The maximum Gasteiger partial charge on any atom is 0.0593 e. The molecule has 0 radical (unpaired) electrons. The fraction of sp³-hybridized carbons (Fsp3) is 0.417. The second kappa shape index (κ2) is 7.13. The number of hydrogen-bond acceptors (Lipinski definition) is 2. The molecule has 1 heterocycles. The van der Waals surface area contributed by atoms with Crippen molar-refractivity contribution in [1.29, 1.82) is 0 Å². The molecule has 0 N–H and O–H groups in total. The molecule has 2 heteroatoms. The summed E-state index contributed by atoms with van der Waals surface area (Å²) in [5.41, 5.74) is 2.10. The van der Waals surface area contributed by atoms with E-state index in [0.29, 0.717) is 0 Å². The fourth-order valence-corrected chi connectivity index (χ4v) is 1.07. The summed E-state index contributed by atoms with van der Waals surface area (Å²) in [5, 5.41) is 0. The molecule has 1 rings (SSSR count). The van der Waals surface area contributed by atoms with Crippen LogP contribution in [0.5, 0.6) is 0 Å². The van der Waals surface area contributed by atoms with Crippen molar-refractivity contribution in [2.24, 2.45) is 4.99 Å². The highest BCUT2D eigenvalue weighted by atomic mass is 15.1. The predicted molar refractivity (Wildman–Crippen MR) is 64.0 cm³/mol. The van der Waals surface area contributed by atoms with Crippen LogP contribution in [-0.2, 0) is 0 Å². The summed E-state index contributed by atoms with van der Waals surface area (Å²) in [7, 11) is 0. The van der Waals surface area contributed by atoms with E-state index in [1.165, 1.54) is 0 Å². The largest absolute Gasteiger partial charge is 0.321 e. The Hall–Kier alpha value is -1.31. The molecule has 0 aliphatic carbocycles. The third-order valence-electron chi connectivity index (χ3n) is 1.63. The topological polar surface area (TPSA) is 15.6 Å². The monoisotopic (exact) mass is 192 g/mol. The minimum absolute atomic E-state index is 1.00. The van der Waals surface area contributed by atoms with E-state index in [-0.39, 0.29) is 0 Å². The van der Waals surface area contributed by atoms with Crippen molar-refractivity contribution < 1.29 is 0 Å². The van der Waals surface area contributed by atoms with E-state index in [4.69, 9.17) is 0 Å². The molecule has 0 atom stereocenters. The molecule has 0 aromatic carbocycles. The summed E-state index contributed by atoms with van der Waals surface area (Å²) in [6.45, 7) is 11.8. The van der Waals surface area contributed by atoms with Crippen molar-refractivity contribution in [3.05, 3.63) is 36.4 Å². The van der Waals surface area contributed by atoms with Crippen LogP contribution in [0.3, 0.4) is 0 Å². The van der Waals surface area contributed by atoms with Crippen LogP contribution in [0.2, 0.25) is 0 Å². The summed E-state index contributed by atoms with van der Waals surface area (Å²) in [4.78, 5) is 6.18. The normalized spacial score (nSPS) is 17.3. The molecule has 0 unspecified atom stereocenters. The quantitative estimate of drug-likeness (QED) is 0.651. The average molecular weight is 192 g/mol. The Morgan fingerprint density at radius 2 is 2.14 bits per heavy atom. The molecular formula is C12H20N2. The molecule has 14 heavy (non-hydrogen) atoms. The number of rotatable bonds is 2. The van der Waals surface area contributed by atoms with E-state index in [2.05, 4.69) is 24.6 Å². The van der Waals surface area contributed by atoms with Crippen molar-refractivity contribution in [2.75, 3.05) is 0 Å². The second-order valence-corrected chi connectivity index (χ2v) is 2.66. The Bertz CT molecular complexity index is 259. The average Bonchev–Trinajstić information content (AvgIpc) is 2.24. The van der Waals surface area contributed by atoms with Crippen LogP contribution in [0.15, 0.2) is 41.4 Å². The number of nitrogens with zero attached hydrogens (tertiary/aromatic N) is 2. The Morgan fingerprint density at radius 3 is 2.64 bits per heavy atom. The molecule has 1 aliphatic heterocycles. The van der Waals surface area contributed by atoms with Gasteiger partial charge in [-0.3, -0.25) is 4.99 Å². The van der Waals surface area contributed by atoms with Gasteiger partial charge in [-0.15, -0.1) is 0 Å². The predicted octanol–water partition coefficient (Wildman–Crippen LogP) is 3.70. The lowest BCUT2D eigenvalue weighted by Gasteiger charge is -2.19. The fourth-order valence-electron chi connectivity index (χ4n) is 1.07. The molecule has 78 valence electrons. The highest BCUT2D eigenvalue weighted by molar-refractivity contribution is 5.80. The van der Waals surface area contributed by atoms with Crippen LogP contribution in [0.1, 0.15) is 34.1 Å². The van der Waals surface area contributed by atoms with Crippen LogP contribution in [0, 0.1) is 0 Å². The van der Waals surface area contributed by atoms with Gasteiger partial charge in [0.2, 0.25) is 0 Å². The van der Waals surface area contributed by atoms with Crippen LogP contribution in [0.4, 0.5) is 0 Å². The lowest BCUT2D eigenvalue weighted by Crippen LogP contribution is -2.13. The standard InChI is InChI=1S/C10H14N2.C2H6/c1-4-6-10-7-11-9(3)8-12(10)5-2;1-2/h5-8H,2,4H2,1,3H3;1-2H3/b10-6-;. The van der Waals surface area contributed by atoms with E-state index >= 15 is 0 Å². The first-order valence-corrected chi connectivity index (χ1v) is 5.11. The molecule has 0 aromatic rings. The van der Waals surface area contributed by atoms with Crippen LogP contribution in [-0.4, -0.2) is 11.1 Å². The lowest BCUT2D eigenvalue weighted by molar-refractivity contribution is 0.647. The molecule has 1 aliphatic rings. The smallest absolute Gasteiger partial charge is 0.0593 e. The number of allylic oxidation sites excluding steroid dienone is 3. The minimum atomic E-state index is 1.00. The van der Waals surface area contributed by atoms with Crippen molar-refractivity contribution >= 4 is 6.21 Å². The highest BCUT2D eigenvalue weighted by Gasteiger charge is 2.04. The molecular weight excluding hydrogens is 172 g/mol. The van der Waals surface area contributed by atoms with Gasteiger partial charge in [-0.1, -0.05) is 33.4 Å². The van der Waals surface area contributed by atoms with E-state index < -0.39 is 0 Å². The van der Waals surface area contributed by atoms with Gasteiger partial charge in [0.05, 0.1) is 17.6 Å². The molecule has 0 aromatic heterocycles. The number of aliphatic imine (C=N–C) groups is 1. The summed E-state index contributed by atoms with van der Waals surface area (Å²) in [6, 6.07) is 0. The molecule has 0 amide bonds. The van der Waals surface area contributed by atoms with Gasteiger partial charge in [0, 0.05) is 12.4 Å². The molecule has 0 bridgehead atoms. The lowest BCUT2D eigenvalue weighted by atomic mass is 10.3. The summed E-state index contributed by atoms with van der Waals surface area (Å²) in [6.07, 6.45) is 8.75. The van der Waals surface area contributed by atoms with Gasteiger partial charge in [0.25, 0.3) is 0 Å². The second-order valence-electron chi connectivity index (χ2n) is 2.66. The molecule has 0 saturated heterocycles. The van der Waals surface area contributed by atoms with Gasteiger partial charge in [-0.25, -0.2) is 0 Å².